The summed E-state index contributed by atoms with van der Waals surface area (Å²) >= 11 is 0. The predicted octanol–water partition coefficient (Wildman–Crippen LogP) is 4.81. The number of rotatable bonds is 4. The average molecular weight is 286 g/mol. The summed E-state index contributed by atoms with van der Waals surface area (Å²) in [6.07, 6.45) is 9.43. The fourth-order valence-electron chi connectivity index (χ4n) is 2.89. The van der Waals surface area contributed by atoms with Gasteiger partial charge in [0.15, 0.2) is 0 Å². The first-order valence-electron chi connectivity index (χ1n) is 7.82. The molecule has 0 unspecified atom stereocenters. The van der Waals surface area contributed by atoms with E-state index >= 15 is 0 Å². The minimum Gasteiger partial charge on any atom is -0.481 e. The summed E-state index contributed by atoms with van der Waals surface area (Å²) in [5, 5.41) is 9.17. The zero-order chi connectivity index (χ0) is 15.8. The Morgan fingerprint density at radius 3 is 2.52 bits per heavy atom. The Hall–Kier alpha value is -1.83. The summed E-state index contributed by atoms with van der Waals surface area (Å²) in [5.41, 5.74) is 5.78. The third-order valence-corrected chi connectivity index (χ3v) is 3.70. The van der Waals surface area contributed by atoms with Crippen LogP contribution < -0.4 is 0 Å². The minimum absolute atomic E-state index is 0.118. The maximum absolute atomic E-state index is 11.2. The number of aryl methyl sites for hydroxylation is 1. The number of carbonyl (C=O) groups is 1. The number of aliphatic carboxylic acids is 1. The summed E-state index contributed by atoms with van der Waals surface area (Å²) in [4.78, 5) is 11.2. The highest BCUT2D eigenvalue weighted by Crippen LogP contribution is 2.32. The first-order valence-corrected chi connectivity index (χ1v) is 7.82. The molecule has 0 atom stereocenters. The highest BCUT2D eigenvalue weighted by Gasteiger charge is 2.20. The standard InChI is InChI=1S/C17H20O2.C2H6/c1-3-6-12(4-2)15-10-9-13-7-5-8-14(13)16(15)11-17(18)19;1-2/h3-4,6,9-10H,5,7-8,11H2,1-2H3,(H,18,19);1-2H3/b6-3-,12-4+;. The second kappa shape index (κ2) is 8.46. The lowest BCUT2D eigenvalue weighted by Crippen LogP contribution is -2.07. The Bertz CT molecular complexity index is 551. The van der Waals surface area contributed by atoms with Gasteiger partial charge in [-0.25, -0.2) is 0 Å². The fourth-order valence-corrected chi connectivity index (χ4v) is 2.89. The van der Waals surface area contributed by atoms with Crippen molar-refractivity contribution in [3.8, 4) is 0 Å². The number of carboxylic acid groups (broad SMARTS) is 1. The van der Waals surface area contributed by atoms with Crippen LogP contribution in [0, 0.1) is 0 Å². The number of benzene rings is 1. The van der Waals surface area contributed by atoms with Crippen LogP contribution in [0.25, 0.3) is 5.57 Å². The van der Waals surface area contributed by atoms with Crippen LogP contribution in [0.4, 0.5) is 0 Å². The van der Waals surface area contributed by atoms with Crippen LogP contribution in [0.3, 0.4) is 0 Å². The van der Waals surface area contributed by atoms with Crippen molar-refractivity contribution in [1.82, 2.24) is 0 Å². The molecule has 2 heteroatoms. The molecule has 0 bridgehead atoms. The molecular formula is C19H26O2. The molecule has 0 fully saturated rings. The molecule has 0 saturated heterocycles. The molecule has 2 nitrogen and oxygen atoms in total. The fraction of sp³-hybridized carbons (Fsp3) is 0.421. The molecule has 114 valence electrons. The molecule has 0 radical (unpaired) electrons. The quantitative estimate of drug-likeness (QED) is 0.807. The number of hydrogen-bond donors (Lipinski definition) is 1. The van der Waals surface area contributed by atoms with Crippen LogP contribution in [-0.4, -0.2) is 11.1 Å². The van der Waals surface area contributed by atoms with Crippen LogP contribution in [-0.2, 0) is 24.1 Å². The lowest BCUT2D eigenvalue weighted by molar-refractivity contribution is -0.136. The maximum Gasteiger partial charge on any atom is 0.307 e. The first kappa shape index (κ1) is 17.2. The predicted molar refractivity (Wildman–Crippen MR) is 89.6 cm³/mol. The van der Waals surface area contributed by atoms with Gasteiger partial charge in [0.1, 0.15) is 0 Å². The Labute approximate surface area is 128 Å². The highest BCUT2D eigenvalue weighted by molar-refractivity contribution is 5.81. The zero-order valence-corrected chi connectivity index (χ0v) is 13.6. The minimum atomic E-state index is -0.752. The van der Waals surface area contributed by atoms with Crippen molar-refractivity contribution in [3.63, 3.8) is 0 Å². The molecule has 1 aliphatic rings. The van der Waals surface area contributed by atoms with Gasteiger partial charge in [0.25, 0.3) is 0 Å². The lowest BCUT2D eigenvalue weighted by atomic mass is 9.90. The first-order chi connectivity index (χ1) is 10.2. The van der Waals surface area contributed by atoms with E-state index < -0.39 is 5.97 Å². The van der Waals surface area contributed by atoms with Gasteiger partial charge in [-0.05, 0) is 60.9 Å². The second-order valence-electron chi connectivity index (χ2n) is 4.90. The van der Waals surface area contributed by atoms with Crippen molar-refractivity contribution in [2.75, 3.05) is 0 Å². The van der Waals surface area contributed by atoms with E-state index in [0.717, 1.165) is 36.0 Å². The summed E-state index contributed by atoms with van der Waals surface area (Å²) in [7, 11) is 0. The Morgan fingerprint density at radius 1 is 1.24 bits per heavy atom. The smallest absolute Gasteiger partial charge is 0.307 e. The van der Waals surface area contributed by atoms with Crippen molar-refractivity contribution in [2.24, 2.45) is 0 Å². The van der Waals surface area contributed by atoms with Crippen LogP contribution in [0.15, 0.2) is 30.4 Å². The van der Waals surface area contributed by atoms with Gasteiger partial charge in [-0.3, -0.25) is 4.79 Å². The SMILES string of the molecule is C/C=C\C(=C/C)c1ccc2c(c1CC(=O)O)CCC2.CC. The largest absolute Gasteiger partial charge is 0.481 e. The van der Waals surface area contributed by atoms with Gasteiger partial charge in [0.2, 0.25) is 0 Å². The number of carboxylic acids is 1. The Balaban J connectivity index is 0.00000106. The summed E-state index contributed by atoms with van der Waals surface area (Å²) < 4.78 is 0. The summed E-state index contributed by atoms with van der Waals surface area (Å²) in [5.74, 6) is -0.752. The Morgan fingerprint density at radius 2 is 1.95 bits per heavy atom. The van der Waals surface area contributed by atoms with E-state index in [-0.39, 0.29) is 6.42 Å². The van der Waals surface area contributed by atoms with Gasteiger partial charge in [-0.2, -0.15) is 0 Å². The third-order valence-electron chi connectivity index (χ3n) is 3.70. The van der Waals surface area contributed by atoms with E-state index in [1.54, 1.807) is 0 Å². The van der Waals surface area contributed by atoms with Crippen molar-refractivity contribution in [2.45, 2.75) is 53.4 Å². The maximum atomic E-state index is 11.2. The van der Waals surface area contributed by atoms with Crippen molar-refractivity contribution < 1.29 is 9.90 Å². The summed E-state index contributed by atoms with van der Waals surface area (Å²) in [6, 6.07) is 4.24. The highest BCUT2D eigenvalue weighted by atomic mass is 16.4. The van der Waals surface area contributed by atoms with Gasteiger partial charge < -0.3 is 5.11 Å². The van der Waals surface area contributed by atoms with Gasteiger partial charge >= 0.3 is 5.97 Å². The molecule has 0 aliphatic heterocycles. The van der Waals surface area contributed by atoms with E-state index in [2.05, 4.69) is 12.1 Å². The normalized spacial score (nSPS) is 13.8. The molecule has 0 heterocycles. The summed E-state index contributed by atoms with van der Waals surface area (Å²) in [6.45, 7) is 7.97. The molecule has 21 heavy (non-hydrogen) atoms. The molecule has 1 aliphatic carbocycles. The molecule has 1 aromatic rings. The van der Waals surface area contributed by atoms with Gasteiger partial charge in [-0.15, -0.1) is 0 Å². The molecule has 0 saturated carbocycles. The van der Waals surface area contributed by atoms with E-state index in [0.29, 0.717) is 0 Å². The lowest BCUT2D eigenvalue weighted by Gasteiger charge is -2.14. The van der Waals surface area contributed by atoms with Gasteiger partial charge in [0, 0.05) is 0 Å². The van der Waals surface area contributed by atoms with Gasteiger partial charge in [0.05, 0.1) is 6.42 Å². The van der Waals surface area contributed by atoms with E-state index in [1.807, 2.05) is 45.9 Å². The third kappa shape index (κ3) is 4.07. The number of allylic oxidation sites excluding steroid dienone is 4. The zero-order valence-electron chi connectivity index (χ0n) is 13.6. The molecule has 1 aromatic carbocycles. The topological polar surface area (TPSA) is 37.3 Å². The van der Waals surface area contributed by atoms with Crippen LogP contribution >= 0.6 is 0 Å². The number of fused-ring (bicyclic) bond motifs is 1. The molecule has 1 N–H and O–H groups in total. The number of hydrogen-bond acceptors (Lipinski definition) is 1. The van der Waals surface area contributed by atoms with E-state index in [9.17, 15) is 4.79 Å². The van der Waals surface area contributed by atoms with Crippen LogP contribution in [0.5, 0.6) is 0 Å². The van der Waals surface area contributed by atoms with Crippen molar-refractivity contribution in [3.05, 3.63) is 52.6 Å². The average Bonchev–Trinajstić information content (AvgIpc) is 2.96. The molecular weight excluding hydrogens is 260 g/mol. The monoisotopic (exact) mass is 286 g/mol. The molecule has 0 aromatic heterocycles. The van der Waals surface area contributed by atoms with E-state index in [4.69, 9.17) is 5.11 Å². The van der Waals surface area contributed by atoms with E-state index in [1.165, 1.54) is 11.1 Å². The van der Waals surface area contributed by atoms with Crippen LogP contribution in [0.2, 0.25) is 0 Å². The molecule has 2 rings (SSSR count). The van der Waals surface area contributed by atoms with Crippen molar-refractivity contribution in [1.29, 1.82) is 0 Å². The second-order valence-corrected chi connectivity index (χ2v) is 4.90. The molecule has 0 spiro atoms. The Kier molecular flexibility index (Phi) is 6.93. The van der Waals surface area contributed by atoms with Crippen LogP contribution in [0.1, 0.15) is 56.4 Å². The van der Waals surface area contributed by atoms with Crippen molar-refractivity contribution >= 4 is 11.5 Å². The molecule has 0 amide bonds. The van der Waals surface area contributed by atoms with Gasteiger partial charge in [-0.1, -0.05) is 44.2 Å².